The first kappa shape index (κ1) is 21.0. The van der Waals surface area contributed by atoms with E-state index in [1.54, 1.807) is 30.3 Å². The predicted molar refractivity (Wildman–Crippen MR) is 133 cm³/mol. The van der Waals surface area contributed by atoms with Crippen molar-refractivity contribution in [1.29, 1.82) is 0 Å². The summed E-state index contributed by atoms with van der Waals surface area (Å²) in [6, 6.07) is 24.8. The van der Waals surface area contributed by atoms with Gasteiger partial charge in [-0.3, -0.25) is 4.79 Å². The molecule has 33 heavy (non-hydrogen) atoms. The molecule has 1 saturated heterocycles. The second-order valence-corrected chi connectivity index (χ2v) is 8.61. The first-order valence-electron chi connectivity index (χ1n) is 11.4. The van der Waals surface area contributed by atoms with E-state index in [-0.39, 0.29) is 5.91 Å². The number of fused-ring (bicyclic) bond motifs is 1. The van der Waals surface area contributed by atoms with Crippen molar-refractivity contribution in [2.45, 2.75) is 32.2 Å². The van der Waals surface area contributed by atoms with Crippen molar-refractivity contribution in [3.05, 3.63) is 94.8 Å². The third-order valence-electron chi connectivity index (χ3n) is 6.34. The molecule has 3 aromatic carbocycles. The van der Waals surface area contributed by atoms with Crippen LogP contribution in [0.5, 0.6) is 0 Å². The van der Waals surface area contributed by atoms with Crippen molar-refractivity contribution in [1.82, 2.24) is 0 Å². The number of carbonyl (C=O) groups is 1. The molecule has 0 unspecified atom stereocenters. The number of para-hydroxylation sites is 1. The normalized spacial score (nSPS) is 16.0. The Balaban J connectivity index is 1.35. The van der Waals surface area contributed by atoms with E-state index < -0.39 is 5.63 Å². The van der Waals surface area contributed by atoms with Crippen LogP contribution in [-0.4, -0.2) is 18.5 Å². The number of nitrogens with zero attached hydrogens (tertiary/aromatic N) is 1. The molecule has 1 aliphatic heterocycles. The van der Waals surface area contributed by atoms with E-state index in [9.17, 15) is 9.59 Å². The first-order valence-corrected chi connectivity index (χ1v) is 11.4. The number of hydrogen-bond acceptors (Lipinski definition) is 4. The lowest BCUT2D eigenvalue weighted by Crippen LogP contribution is -2.37. The van der Waals surface area contributed by atoms with E-state index in [0.29, 0.717) is 28.3 Å². The van der Waals surface area contributed by atoms with Gasteiger partial charge in [0.1, 0.15) is 5.58 Å². The Labute approximate surface area is 192 Å². The SMILES string of the molecule is C[C@H]1CCCCN1c1ccc(NC(=O)c2cccc(-c3cc4ccccc4oc3=O)c2)cc1. The summed E-state index contributed by atoms with van der Waals surface area (Å²) in [5, 5.41) is 3.80. The fraction of sp³-hybridized carbons (Fsp3) is 0.214. The molecule has 4 aromatic rings. The summed E-state index contributed by atoms with van der Waals surface area (Å²) in [5.74, 6) is -0.221. The third kappa shape index (κ3) is 4.40. The molecule has 166 valence electrons. The maximum atomic E-state index is 12.9. The van der Waals surface area contributed by atoms with Gasteiger partial charge in [-0.05, 0) is 80.3 Å². The standard InChI is InChI=1S/C28H26N2O3/c1-19-7-4-5-16-30(19)24-14-12-23(13-15-24)29-27(31)22-10-6-9-20(17-22)25-18-21-8-2-3-11-26(21)33-28(25)32/h2-3,6,8-15,17-19H,4-5,7,16H2,1H3,(H,29,31)/t19-/m0/s1. The molecule has 1 aliphatic rings. The molecule has 0 aliphatic carbocycles. The van der Waals surface area contributed by atoms with Gasteiger partial charge in [-0.2, -0.15) is 0 Å². The number of piperidine rings is 1. The lowest BCUT2D eigenvalue weighted by Gasteiger charge is -2.35. The van der Waals surface area contributed by atoms with Gasteiger partial charge in [-0.1, -0.05) is 30.3 Å². The quantitative estimate of drug-likeness (QED) is 0.392. The molecule has 0 bridgehead atoms. The van der Waals surface area contributed by atoms with Gasteiger partial charge in [0.2, 0.25) is 0 Å². The Hall–Kier alpha value is -3.86. The zero-order valence-corrected chi connectivity index (χ0v) is 18.6. The van der Waals surface area contributed by atoms with Gasteiger partial charge in [0, 0.05) is 34.9 Å². The molecule has 5 heteroatoms. The predicted octanol–water partition coefficient (Wildman–Crippen LogP) is 6.09. The number of amides is 1. The maximum absolute atomic E-state index is 12.9. The molecule has 2 heterocycles. The average molecular weight is 439 g/mol. The average Bonchev–Trinajstić information content (AvgIpc) is 2.84. The summed E-state index contributed by atoms with van der Waals surface area (Å²) in [4.78, 5) is 27.9. The van der Waals surface area contributed by atoms with Crippen molar-refractivity contribution < 1.29 is 9.21 Å². The van der Waals surface area contributed by atoms with Crippen LogP contribution in [0.1, 0.15) is 36.5 Å². The number of anilines is 2. The highest BCUT2D eigenvalue weighted by molar-refractivity contribution is 6.05. The molecule has 1 aromatic heterocycles. The molecular weight excluding hydrogens is 412 g/mol. The summed E-state index contributed by atoms with van der Waals surface area (Å²) in [7, 11) is 0. The second kappa shape index (κ2) is 8.94. The molecule has 0 radical (unpaired) electrons. The third-order valence-corrected chi connectivity index (χ3v) is 6.34. The smallest absolute Gasteiger partial charge is 0.344 e. The van der Waals surface area contributed by atoms with Crippen LogP contribution in [0, 0.1) is 0 Å². The van der Waals surface area contributed by atoms with E-state index in [4.69, 9.17) is 4.42 Å². The summed E-state index contributed by atoms with van der Waals surface area (Å²) < 4.78 is 5.45. The van der Waals surface area contributed by atoms with Gasteiger partial charge >= 0.3 is 5.63 Å². The second-order valence-electron chi connectivity index (χ2n) is 8.61. The van der Waals surface area contributed by atoms with Crippen molar-refractivity contribution in [3.63, 3.8) is 0 Å². The highest BCUT2D eigenvalue weighted by atomic mass is 16.4. The van der Waals surface area contributed by atoms with Crippen LogP contribution < -0.4 is 15.8 Å². The minimum absolute atomic E-state index is 0.221. The number of carbonyl (C=O) groups excluding carboxylic acids is 1. The Bertz CT molecular complexity index is 1360. The largest absolute Gasteiger partial charge is 0.422 e. The lowest BCUT2D eigenvalue weighted by molar-refractivity contribution is 0.102. The van der Waals surface area contributed by atoms with Crippen molar-refractivity contribution in [2.75, 3.05) is 16.8 Å². The molecule has 5 nitrogen and oxygen atoms in total. The minimum Gasteiger partial charge on any atom is -0.422 e. The van der Waals surface area contributed by atoms with Gasteiger partial charge in [-0.15, -0.1) is 0 Å². The highest BCUT2D eigenvalue weighted by Gasteiger charge is 2.18. The van der Waals surface area contributed by atoms with Gasteiger partial charge in [0.05, 0.1) is 5.56 Å². The van der Waals surface area contributed by atoms with Crippen LogP contribution in [0.4, 0.5) is 11.4 Å². The number of hydrogen-bond donors (Lipinski definition) is 1. The summed E-state index contributed by atoms with van der Waals surface area (Å²) in [6.45, 7) is 3.33. The fourth-order valence-corrected chi connectivity index (χ4v) is 4.51. The van der Waals surface area contributed by atoms with Crippen LogP contribution in [0.2, 0.25) is 0 Å². The van der Waals surface area contributed by atoms with Crippen LogP contribution in [0.15, 0.2) is 88.1 Å². The molecule has 1 atom stereocenters. The Morgan fingerprint density at radius 2 is 1.79 bits per heavy atom. The van der Waals surface area contributed by atoms with E-state index in [1.165, 1.54) is 24.9 Å². The number of benzene rings is 3. The van der Waals surface area contributed by atoms with Crippen LogP contribution in [0.25, 0.3) is 22.1 Å². The monoisotopic (exact) mass is 438 g/mol. The van der Waals surface area contributed by atoms with Crippen LogP contribution >= 0.6 is 0 Å². The van der Waals surface area contributed by atoms with Gasteiger partial charge in [-0.25, -0.2) is 4.79 Å². The number of nitrogens with one attached hydrogen (secondary N) is 1. The van der Waals surface area contributed by atoms with Crippen molar-refractivity contribution in [2.24, 2.45) is 0 Å². The Kier molecular flexibility index (Phi) is 5.69. The molecule has 5 rings (SSSR count). The Morgan fingerprint density at radius 3 is 2.61 bits per heavy atom. The van der Waals surface area contributed by atoms with Crippen LogP contribution in [0.3, 0.4) is 0 Å². The first-order chi connectivity index (χ1) is 16.1. The minimum atomic E-state index is -0.422. The summed E-state index contributed by atoms with van der Waals surface area (Å²) in [6.07, 6.45) is 3.71. The highest BCUT2D eigenvalue weighted by Crippen LogP contribution is 2.26. The van der Waals surface area contributed by atoms with E-state index in [2.05, 4.69) is 29.3 Å². The molecular formula is C28H26N2O3. The van der Waals surface area contributed by atoms with Crippen LogP contribution in [-0.2, 0) is 0 Å². The van der Waals surface area contributed by atoms with Gasteiger partial charge < -0.3 is 14.6 Å². The number of rotatable bonds is 4. The van der Waals surface area contributed by atoms with Crippen molar-refractivity contribution in [3.8, 4) is 11.1 Å². The van der Waals surface area contributed by atoms with E-state index >= 15 is 0 Å². The zero-order valence-electron chi connectivity index (χ0n) is 18.6. The van der Waals surface area contributed by atoms with Gasteiger partial charge in [0.15, 0.2) is 0 Å². The molecule has 0 saturated carbocycles. The maximum Gasteiger partial charge on any atom is 0.344 e. The lowest BCUT2D eigenvalue weighted by atomic mass is 10.0. The zero-order chi connectivity index (χ0) is 22.8. The molecule has 1 fully saturated rings. The Morgan fingerprint density at radius 1 is 0.970 bits per heavy atom. The van der Waals surface area contributed by atoms with E-state index in [0.717, 1.165) is 17.6 Å². The molecule has 0 spiro atoms. The summed E-state index contributed by atoms with van der Waals surface area (Å²) >= 11 is 0. The van der Waals surface area contributed by atoms with Gasteiger partial charge in [0.25, 0.3) is 5.91 Å². The fourth-order valence-electron chi connectivity index (χ4n) is 4.51. The van der Waals surface area contributed by atoms with E-state index in [1.807, 2.05) is 36.4 Å². The molecule has 1 amide bonds. The van der Waals surface area contributed by atoms with Crippen molar-refractivity contribution >= 4 is 28.3 Å². The summed E-state index contributed by atoms with van der Waals surface area (Å²) in [5.41, 5.74) is 3.61. The molecule has 1 N–H and O–H groups in total. The topological polar surface area (TPSA) is 62.6 Å².